The molecule has 0 bridgehead atoms. The molecule has 2 nitrogen and oxygen atoms in total. The molecule has 16 heavy (non-hydrogen) atoms. The van der Waals surface area contributed by atoms with E-state index in [2.05, 4.69) is 20.8 Å². The number of ketones is 1. The molecule has 0 aliphatic heterocycles. The fraction of sp³-hybridized carbons (Fsp3) is 0.615. The molecule has 1 atom stereocenters. The Morgan fingerprint density at radius 2 is 2.19 bits per heavy atom. The molecule has 1 rings (SSSR count). The molecule has 0 aromatic carbocycles. The van der Waals surface area contributed by atoms with E-state index in [1.807, 2.05) is 17.5 Å². The van der Waals surface area contributed by atoms with Crippen LogP contribution in [0.2, 0.25) is 0 Å². The van der Waals surface area contributed by atoms with E-state index in [1.165, 1.54) is 11.3 Å². The smallest absolute Gasteiger partial charge is 0.172 e. The Morgan fingerprint density at radius 1 is 1.44 bits per heavy atom. The molecule has 0 aliphatic rings. The van der Waals surface area contributed by atoms with Crippen LogP contribution >= 0.6 is 11.3 Å². The number of Topliss-reactive ketones (excluding diaryl/α,β-unsaturated/α-hetero) is 1. The molecule has 90 valence electrons. The zero-order valence-corrected chi connectivity index (χ0v) is 11.0. The first-order valence-electron chi connectivity index (χ1n) is 5.79. The van der Waals surface area contributed by atoms with Crippen LogP contribution in [0.25, 0.3) is 0 Å². The van der Waals surface area contributed by atoms with Gasteiger partial charge in [-0.25, -0.2) is 0 Å². The Kier molecular flexibility index (Phi) is 5.71. The minimum absolute atomic E-state index is 0.232. The lowest BCUT2D eigenvalue weighted by Gasteiger charge is -2.16. The number of rotatable bonds is 7. The van der Waals surface area contributed by atoms with Crippen molar-refractivity contribution in [2.75, 3.05) is 6.61 Å². The quantitative estimate of drug-likeness (QED) is 0.535. The molecule has 3 heteroatoms. The third-order valence-corrected chi connectivity index (χ3v) is 3.57. The SMILES string of the molecule is CC(C)C(C)OCCCC(=O)c1cccs1. The minimum Gasteiger partial charge on any atom is -0.378 e. The first-order valence-corrected chi connectivity index (χ1v) is 6.67. The first-order chi connectivity index (χ1) is 7.61. The van der Waals surface area contributed by atoms with Crippen molar-refractivity contribution >= 4 is 17.1 Å². The molecule has 0 aliphatic carbocycles. The van der Waals surface area contributed by atoms with Crippen LogP contribution in [0.4, 0.5) is 0 Å². The summed E-state index contributed by atoms with van der Waals surface area (Å²) in [5.74, 6) is 0.767. The summed E-state index contributed by atoms with van der Waals surface area (Å²) in [5, 5.41) is 1.94. The fourth-order valence-electron chi connectivity index (χ4n) is 1.25. The summed E-state index contributed by atoms with van der Waals surface area (Å²) in [6, 6.07) is 3.79. The maximum absolute atomic E-state index is 11.6. The minimum atomic E-state index is 0.232. The molecule has 1 aromatic rings. The maximum Gasteiger partial charge on any atom is 0.172 e. The predicted octanol–water partition coefficient (Wildman–Crippen LogP) is 3.77. The van der Waals surface area contributed by atoms with E-state index in [9.17, 15) is 4.79 Å². The van der Waals surface area contributed by atoms with Gasteiger partial charge in [0.2, 0.25) is 0 Å². The Hall–Kier alpha value is -0.670. The van der Waals surface area contributed by atoms with Crippen molar-refractivity contribution in [2.24, 2.45) is 5.92 Å². The van der Waals surface area contributed by atoms with Crippen molar-refractivity contribution in [3.8, 4) is 0 Å². The molecule has 1 heterocycles. The Balaban J connectivity index is 2.14. The van der Waals surface area contributed by atoms with Crippen LogP contribution in [-0.4, -0.2) is 18.5 Å². The average molecular weight is 240 g/mol. The first kappa shape index (κ1) is 13.4. The molecular formula is C13H20O2S. The second-order valence-corrected chi connectivity index (χ2v) is 5.27. The van der Waals surface area contributed by atoms with Gasteiger partial charge in [0.25, 0.3) is 0 Å². The van der Waals surface area contributed by atoms with E-state index in [1.54, 1.807) is 0 Å². The second-order valence-electron chi connectivity index (χ2n) is 4.32. The molecule has 0 fully saturated rings. The largest absolute Gasteiger partial charge is 0.378 e. The second kappa shape index (κ2) is 6.81. The normalized spacial score (nSPS) is 13.0. The van der Waals surface area contributed by atoms with Gasteiger partial charge in [0.05, 0.1) is 11.0 Å². The summed E-state index contributed by atoms with van der Waals surface area (Å²) in [4.78, 5) is 12.5. The van der Waals surface area contributed by atoms with Crippen LogP contribution in [0.3, 0.4) is 0 Å². The number of carbonyl (C=O) groups excluding carboxylic acids is 1. The lowest BCUT2D eigenvalue weighted by molar-refractivity contribution is 0.0331. The molecular weight excluding hydrogens is 220 g/mol. The Labute approximate surface area is 102 Å². The molecule has 0 saturated carbocycles. The lowest BCUT2D eigenvalue weighted by Crippen LogP contribution is -2.16. The van der Waals surface area contributed by atoms with E-state index in [4.69, 9.17) is 4.74 Å². The van der Waals surface area contributed by atoms with Crippen LogP contribution in [0.1, 0.15) is 43.3 Å². The number of hydrogen-bond donors (Lipinski definition) is 0. The summed E-state index contributed by atoms with van der Waals surface area (Å²) >= 11 is 1.51. The zero-order valence-electron chi connectivity index (χ0n) is 10.2. The Bertz CT molecular complexity index is 304. The van der Waals surface area contributed by atoms with E-state index in [-0.39, 0.29) is 11.9 Å². The van der Waals surface area contributed by atoms with Gasteiger partial charge in [-0.1, -0.05) is 19.9 Å². The molecule has 0 saturated heterocycles. The van der Waals surface area contributed by atoms with E-state index in [0.29, 0.717) is 18.9 Å². The number of carbonyl (C=O) groups is 1. The highest BCUT2D eigenvalue weighted by Gasteiger charge is 2.09. The number of thiophene rings is 1. The monoisotopic (exact) mass is 240 g/mol. The van der Waals surface area contributed by atoms with Crippen LogP contribution < -0.4 is 0 Å². The fourth-order valence-corrected chi connectivity index (χ4v) is 1.95. The van der Waals surface area contributed by atoms with Crippen LogP contribution in [-0.2, 0) is 4.74 Å². The molecule has 1 unspecified atom stereocenters. The standard InChI is InChI=1S/C13H20O2S/c1-10(2)11(3)15-8-4-6-12(14)13-7-5-9-16-13/h5,7,9-11H,4,6,8H2,1-3H3. The van der Waals surface area contributed by atoms with Crippen molar-refractivity contribution in [3.05, 3.63) is 22.4 Å². The average Bonchev–Trinajstić information content (AvgIpc) is 2.76. The zero-order chi connectivity index (χ0) is 12.0. The van der Waals surface area contributed by atoms with Gasteiger partial charge in [0, 0.05) is 13.0 Å². The highest BCUT2D eigenvalue weighted by molar-refractivity contribution is 7.12. The van der Waals surface area contributed by atoms with Gasteiger partial charge in [-0.2, -0.15) is 0 Å². The van der Waals surface area contributed by atoms with Gasteiger partial charge in [0.15, 0.2) is 5.78 Å². The van der Waals surface area contributed by atoms with Gasteiger partial charge in [-0.05, 0) is 30.7 Å². The highest BCUT2D eigenvalue weighted by atomic mass is 32.1. The molecule has 0 amide bonds. The summed E-state index contributed by atoms with van der Waals surface area (Å²) < 4.78 is 5.62. The molecule has 1 aromatic heterocycles. The molecule has 0 spiro atoms. The number of ether oxygens (including phenoxy) is 1. The lowest BCUT2D eigenvalue weighted by atomic mass is 10.1. The van der Waals surface area contributed by atoms with Crippen molar-refractivity contribution in [1.82, 2.24) is 0 Å². The van der Waals surface area contributed by atoms with Gasteiger partial charge in [-0.15, -0.1) is 11.3 Å². The highest BCUT2D eigenvalue weighted by Crippen LogP contribution is 2.13. The van der Waals surface area contributed by atoms with Gasteiger partial charge >= 0.3 is 0 Å². The summed E-state index contributed by atoms with van der Waals surface area (Å²) in [6.45, 7) is 7.03. The van der Waals surface area contributed by atoms with Crippen molar-refractivity contribution < 1.29 is 9.53 Å². The van der Waals surface area contributed by atoms with E-state index in [0.717, 1.165) is 11.3 Å². The van der Waals surface area contributed by atoms with E-state index >= 15 is 0 Å². The summed E-state index contributed by atoms with van der Waals surface area (Å²) in [7, 11) is 0. The van der Waals surface area contributed by atoms with Gasteiger partial charge < -0.3 is 4.74 Å². The number of hydrogen-bond acceptors (Lipinski definition) is 3. The summed E-state index contributed by atoms with van der Waals surface area (Å²) in [5.41, 5.74) is 0. The van der Waals surface area contributed by atoms with E-state index < -0.39 is 0 Å². The van der Waals surface area contributed by atoms with Crippen LogP contribution in [0.15, 0.2) is 17.5 Å². The van der Waals surface area contributed by atoms with Crippen LogP contribution in [0.5, 0.6) is 0 Å². The van der Waals surface area contributed by atoms with Crippen molar-refractivity contribution in [2.45, 2.75) is 39.7 Å². The topological polar surface area (TPSA) is 26.3 Å². The summed E-state index contributed by atoms with van der Waals surface area (Å²) in [6.07, 6.45) is 1.68. The van der Waals surface area contributed by atoms with Crippen molar-refractivity contribution in [3.63, 3.8) is 0 Å². The third kappa shape index (κ3) is 4.45. The Morgan fingerprint density at radius 3 is 2.75 bits per heavy atom. The maximum atomic E-state index is 11.6. The van der Waals surface area contributed by atoms with Gasteiger partial charge in [-0.3, -0.25) is 4.79 Å². The van der Waals surface area contributed by atoms with Gasteiger partial charge in [0.1, 0.15) is 0 Å². The third-order valence-electron chi connectivity index (χ3n) is 2.66. The van der Waals surface area contributed by atoms with Crippen LogP contribution in [0, 0.1) is 5.92 Å². The molecule has 0 radical (unpaired) electrons. The molecule has 0 N–H and O–H groups in total. The predicted molar refractivity (Wildman–Crippen MR) is 68.1 cm³/mol. The van der Waals surface area contributed by atoms with Crippen molar-refractivity contribution in [1.29, 1.82) is 0 Å².